The monoisotopic (exact) mass is 276 g/mol. The molecule has 0 radical (unpaired) electrons. The van der Waals surface area contributed by atoms with E-state index < -0.39 is 6.10 Å². The fourth-order valence-corrected chi connectivity index (χ4v) is 2.51. The molecule has 0 saturated heterocycles. The first kappa shape index (κ1) is 14.9. The highest BCUT2D eigenvalue weighted by molar-refractivity contribution is 6.03. The van der Waals surface area contributed by atoms with Gasteiger partial charge in [-0.05, 0) is 24.5 Å². The molecule has 1 aromatic rings. The molecule has 0 spiro atoms. The molecule has 0 fully saturated rings. The molecule has 1 amide bonds. The Bertz CT molecular complexity index is 534. The molecule has 110 valence electrons. The van der Waals surface area contributed by atoms with Gasteiger partial charge in [0.05, 0.1) is 5.69 Å². The van der Waals surface area contributed by atoms with Gasteiger partial charge >= 0.3 is 0 Å². The number of aliphatic hydroxyl groups excluding tert-OH is 1. The van der Waals surface area contributed by atoms with Gasteiger partial charge in [0.2, 0.25) is 0 Å². The smallest absolute Gasteiger partial charge is 0.260 e. The predicted octanol–water partition coefficient (Wildman–Crippen LogP) is 2.57. The molecule has 2 atom stereocenters. The number of aliphatic hydroxyl groups is 1. The van der Waals surface area contributed by atoms with Crippen LogP contribution in [0.15, 0.2) is 18.2 Å². The van der Waals surface area contributed by atoms with Gasteiger partial charge in [-0.1, -0.05) is 26.8 Å². The maximum Gasteiger partial charge on any atom is 0.260 e. The molecule has 1 heterocycles. The molecule has 1 N–H and O–H groups in total. The average Bonchev–Trinajstić information content (AvgIpc) is 2.61. The van der Waals surface area contributed by atoms with E-state index in [0.717, 1.165) is 11.4 Å². The van der Waals surface area contributed by atoms with Crippen molar-refractivity contribution in [1.29, 1.82) is 0 Å². The minimum atomic E-state index is -1.02. The fraction of sp³-hybridized carbons (Fsp3) is 0.562. The molecule has 4 nitrogen and oxygen atoms in total. The standard InChI is InChI=1S/C16H24N2O2/c1-10(16(2,3)4)17(5)11-7-8-12-13(9-11)18(6)15(20)14(12)19/h7-10,14,19H,1-6H3. The average molecular weight is 276 g/mol. The zero-order chi connectivity index (χ0) is 15.2. The van der Waals surface area contributed by atoms with Crippen LogP contribution in [0.1, 0.15) is 39.4 Å². The molecule has 1 aromatic carbocycles. The lowest BCUT2D eigenvalue weighted by molar-refractivity contribution is -0.125. The zero-order valence-corrected chi connectivity index (χ0v) is 13.1. The molecule has 0 saturated carbocycles. The predicted molar refractivity (Wildman–Crippen MR) is 82.1 cm³/mol. The van der Waals surface area contributed by atoms with Crippen LogP contribution in [0.25, 0.3) is 0 Å². The van der Waals surface area contributed by atoms with Gasteiger partial charge < -0.3 is 14.9 Å². The highest BCUT2D eigenvalue weighted by Gasteiger charge is 2.34. The van der Waals surface area contributed by atoms with Crippen molar-refractivity contribution in [2.24, 2.45) is 5.41 Å². The maximum absolute atomic E-state index is 11.8. The van der Waals surface area contributed by atoms with Crippen molar-refractivity contribution >= 4 is 17.3 Å². The third-order valence-electron chi connectivity index (χ3n) is 4.48. The van der Waals surface area contributed by atoms with Gasteiger partial charge in [-0.25, -0.2) is 0 Å². The van der Waals surface area contributed by atoms with Crippen LogP contribution in [-0.2, 0) is 4.79 Å². The Labute approximate surface area is 121 Å². The van der Waals surface area contributed by atoms with E-state index in [1.807, 2.05) is 18.2 Å². The summed E-state index contributed by atoms with van der Waals surface area (Å²) in [5.41, 5.74) is 2.71. The second-order valence-electron chi connectivity index (χ2n) is 6.70. The summed E-state index contributed by atoms with van der Waals surface area (Å²) in [6, 6.07) is 6.15. The Morgan fingerprint density at radius 3 is 2.50 bits per heavy atom. The minimum Gasteiger partial charge on any atom is -0.378 e. The molecule has 0 bridgehead atoms. The Kier molecular flexibility index (Phi) is 3.54. The van der Waals surface area contributed by atoms with E-state index >= 15 is 0 Å². The van der Waals surface area contributed by atoms with Crippen molar-refractivity contribution in [1.82, 2.24) is 0 Å². The molecule has 0 aromatic heterocycles. The van der Waals surface area contributed by atoms with Crippen LogP contribution in [0.4, 0.5) is 11.4 Å². The van der Waals surface area contributed by atoms with Crippen LogP contribution >= 0.6 is 0 Å². The number of carbonyl (C=O) groups is 1. The van der Waals surface area contributed by atoms with Crippen LogP contribution in [0.5, 0.6) is 0 Å². The van der Waals surface area contributed by atoms with E-state index in [2.05, 4.69) is 39.6 Å². The summed E-state index contributed by atoms with van der Waals surface area (Å²) in [5, 5.41) is 9.88. The number of hydrogen-bond acceptors (Lipinski definition) is 3. The van der Waals surface area contributed by atoms with Gasteiger partial charge in [0.15, 0.2) is 6.10 Å². The summed E-state index contributed by atoms with van der Waals surface area (Å²) < 4.78 is 0. The van der Waals surface area contributed by atoms with Crippen molar-refractivity contribution in [2.45, 2.75) is 39.8 Å². The number of benzene rings is 1. The molecule has 4 heteroatoms. The molecule has 2 unspecified atom stereocenters. The molecular formula is C16H24N2O2. The van der Waals surface area contributed by atoms with E-state index in [9.17, 15) is 9.90 Å². The summed E-state index contributed by atoms with van der Waals surface area (Å²) in [7, 11) is 3.76. The van der Waals surface area contributed by atoms with Gasteiger partial charge in [-0.2, -0.15) is 0 Å². The number of fused-ring (bicyclic) bond motifs is 1. The van der Waals surface area contributed by atoms with Gasteiger partial charge in [-0.15, -0.1) is 0 Å². The third kappa shape index (κ3) is 2.29. The number of carbonyl (C=O) groups excluding carboxylic acids is 1. The molecular weight excluding hydrogens is 252 g/mol. The molecule has 1 aliphatic rings. The Hall–Kier alpha value is -1.55. The fourth-order valence-electron chi connectivity index (χ4n) is 2.51. The first-order valence-electron chi connectivity index (χ1n) is 6.97. The first-order chi connectivity index (χ1) is 9.14. The van der Waals surface area contributed by atoms with E-state index in [1.165, 1.54) is 4.90 Å². The van der Waals surface area contributed by atoms with Crippen molar-refractivity contribution in [3.05, 3.63) is 23.8 Å². The summed E-state index contributed by atoms with van der Waals surface area (Å²) in [4.78, 5) is 15.5. The minimum absolute atomic E-state index is 0.162. The number of anilines is 2. The van der Waals surface area contributed by atoms with Crippen molar-refractivity contribution < 1.29 is 9.90 Å². The van der Waals surface area contributed by atoms with Crippen LogP contribution in [0.2, 0.25) is 0 Å². The topological polar surface area (TPSA) is 43.8 Å². The Morgan fingerprint density at radius 2 is 1.95 bits per heavy atom. The van der Waals surface area contributed by atoms with E-state index in [1.54, 1.807) is 7.05 Å². The van der Waals surface area contributed by atoms with Crippen molar-refractivity contribution in [2.75, 3.05) is 23.9 Å². The normalized spacial score (nSPS) is 20.1. The Morgan fingerprint density at radius 1 is 1.35 bits per heavy atom. The molecule has 20 heavy (non-hydrogen) atoms. The SMILES string of the molecule is CC(N(C)c1ccc2c(c1)N(C)C(=O)C2O)C(C)(C)C. The van der Waals surface area contributed by atoms with Crippen LogP contribution in [-0.4, -0.2) is 31.2 Å². The van der Waals surface area contributed by atoms with Gasteiger partial charge in [0.25, 0.3) is 5.91 Å². The zero-order valence-electron chi connectivity index (χ0n) is 13.1. The Balaban J connectivity index is 2.36. The van der Waals surface area contributed by atoms with Crippen LogP contribution < -0.4 is 9.80 Å². The van der Waals surface area contributed by atoms with E-state index in [4.69, 9.17) is 0 Å². The van der Waals surface area contributed by atoms with Crippen LogP contribution in [0.3, 0.4) is 0 Å². The third-order valence-corrected chi connectivity index (χ3v) is 4.48. The quantitative estimate of drug-likeness (QED) is 0.903. The summed E-state index contributed by atoms with van der Waals surface area (Å²) in [6.45, 7) is 8.82. The summed E-state index contributed by atoms with van der Waals surface area (Å²) in [6.07, 6.45) is -1.02. The van der Waals surface area contributed by atoms with E-state index in [-0.39, 0.29) is 11.3 Å². The maximum atomic E-state index is 11.8. The van der Waals surface area contributed by atoms with Gasteiger partial charge in [0.1, 0.15) is 0 Å². The molecule has 1 aliphatic heterocycles. The number of amides is 1. The lowest BCUT2D eigenvalue weighted by atomic mass is 9.87. The van der Waals surface area contributed by atoms with Gasteiger partial charge in [-0.3, -0.25) is 4.79 Å². The van der Waals surface area contributed by atoms with E-state index in [0.29, 0.717) is 11.6 Å². The lowest BCUT2D eigenvalue weighted by Gasteiger charge is -2.37. The number of nitrogens with zero attached hydrogens (tertiary/aromatic N) is 2. The summed E-state index contributed by atoms with van der Waals surface area (Å²) >= 11 is 0. The lowest BCUT2D eigenvalue weighted by Crippen LogP contribution is -2.39. The summed E-state index contributed by atoms with van der Waals surface area (Å²) in [5.74, 6) is -0.260. The van der Waals surface area contributed by atoms with Crippen LogP contribution in [0, 0.1) is 5.41 Å². The van der Waals surface area contributed by atoms with Gasteiger partial charge in [0, 0.05) is 31.4 Å². The largest absolute Gasteiger partial charge is 0.378 e. The highest BCUT2D eigenvalue weighted by atomic mass is 16.3. The second kappa shape index (κ2) is 4.77. The second-order valence-corrected chi connectivity index (χ2v) is 6.70. The number of rotatable bonds is 2. The number of likely N-dealkylation sites (N-methyl/N-ethyl adjacent to an activating group) is 1. The first-order valence-corrected chi connectivity index (χ1v) is 6.97. The number of hydrogen-bond donors (Lipinski definition) is 1. The molecule has 0 aliphatic carbocycles. The van der Waals surface area contributed by atoms with Crippen molar-refractivity contribution in [3.63, 3.8) is 0 Å². The highest BCUT2D eigenvalue weighted by Crippen LogP contribution is 2.38. The van der Waals surface area contributed by atoms with Crippen molar-refractivity contribution in [3.8, 4) is 0 Å². The molecule has 2 rings (SSSR count).